The van der Waals surface area contributed by atoms with E-state index in [-0.39, 0.29) is 11.7 Å². The van der Waals surface area contributed by atoms with Crippen molar-refractivity contribution in [2.45, 2.75) is 12.1 Å². The van der Waals surface area contributed by atoms with Gasteiger partial charge in [-0.15, -0.1) is 21.5 Å². The number of hydrogen-bond donors (Lipinski definition) is 1. The van der Waals surface area contributed by atoms with Gasteiger partial charge in [-0.25, -0.2) is 4.98 Å². The van der Waals surface area contributed by atoms with E-state index in [9.17, 15) is 4.79 Å². The van der Waals surface area contributed by atoms with Crippen LogP contribution in [0.3, 0.4) is 0 Å². The van der Waals surface area contributed by atoms with Gasteiger partial charge in [0.05, 0.1) is 11.4 Å². The van der Waals surface area contributed by atoms with E-state index in [4.69, 9.17) is 0 Å². The molecule has 0 aliphatic heterocycles. The predicted octanol–water partition coefficient (Wildman–Crippen LogP) is 3.83. The van der Waals surface area contributed by atoms with Crippen LogP contribution >= 0.6 is 23.1 Å². The van der Waals surface area contributed by atoms with Crippen molar-refractivity contribution >= 4 is 34.1 Å². The van der Waals surface area contributed by atoms with Crippen LogP contribution in [0.15, 0.2) is 65.4 Å². The summed E-state index contributed by atoms with van der Waals surface area (Å²) < 4.78 is 1.95. The molecular formula is C19H16N6OS2. The molecule has 0 bridgehead atoms. The number of anilines is 1. The molecule has 0 saturated heterocycles. The Bertz CT molecular complexity index is 1080. The van der Waals surface area contributed by atoms with Crippen LogP contribution in [0.5, 0.6) is 0 Å². The van der Waals surface area contributed by atoms with Crippen molar-refractivity contribution < 1.29 is 4.79 Å². The van der Waals surface area contributed by atoms with E-state index in [1.807, 2.05) is 59.3 Å². The van der Waals surface area contributed by atoms with Crippen LogP contribution in [-0.2, 0) is 4.79 Å². The number of carbonyl (C=O) groups excluding carboxylic acids is 1. The van der Waals surface area contributed by atoms with Gasteiger partial charge in [0.15, 0.2) is 16.1 Å². The average Bonchev–Trinajstić information content (AvgIpc) is 3.33. The van der Waals surface area contributed by atoms with Gasteiger partial charge in [-0.2, -0.15) is 0 Å². The van der Waals surface area contributed by atoms with Crippen molar-refractivity contribution in [1.82, 2.24) is 24.7 Å². The molecule has 7 nitrogen and oxygen atoms in total. The van der Waals surface area contributed by atoms with Crippen LogP contribution in [0, 0.1) is 6.92 Å². The number of nitrogens with zero attached hydrogens (tertiary/aromatic N) is 5. The molecule has 4 rings (SSSR count). The van der Waals surface area contributed by atoms with E-state index in [1.54, 1.807) is 12.4 Å². The second-order valence-corrected chi connectivity index (χ2v) is 7.64. The molecule has 1 amide bonds. The zero-order chi connectivity index (χ0) is 19.3. The maximum absolute atomic E-state index is 12.3. The van der Waals surface area contributed by atoms with Crippen LogP contribution < -0.4 is 5.32 Å². The summed E-state index contributed by atoms with van der Waals surface area (Å²) >= 11 is 2.74. The Morgan fingerprint density at radius 2 is 1.93 bits per heavy atom. The summed E-state index contributed by atoms with van der Waals surface area (Å²) in [6, 6.07) is 13.6. The minimum Gasteiger partial charge on any atom is -0.301 e. The van der Waals surface area contributed by atoms with Crippen LogP contribution in [-0.4, -0.2) is 36.4 Å². The van der Waals surface area contributed by atoms with E-state index < -0.39 is 0 Å². The minimum atomic E-state index is -0.132. The summed E-state index contributed by atoms with van der Waals surface area (Å²) in [5.74, 6) is 0.777. The molecule has 140 valence electrons. The van der Waals surface area contributed by atoms with Crippen LogP contribution in [0.4, 0.5) is 5.13 Å². The Balaban J connectivity index is 1.58. The van der Waals surface area contributed by atoms with Gasteiger partial charge in [0.25, 0.3) is 0 Å². The third-order valence-electron chi connectivity index (χ3n) is 3.78. The number of para-hydroxylation sites is 1. The Labute approximate surface area is 169 Å². The number of amides is 1. The SMILES string of the molecule is Cc1csc(NC(=O)CSc2nnc(-c3ccncc3)n2-c2ccccc2)n1. The fraction of sp³-hybridized carbons (Fsp3) is 0.105. The average molecular weight is 409 g/mol. The summed E-state index contributed by atoms with van der Waals surface area (Å²) in [5, 5.41) is 14.6. The molecule has 1 N–H and O–H groups in total. The highest BCUT2D eigenvalue weighted by Gasteiger charge is 2.17. The fourth-order valence-electron chi connectivity index (χ4n) is 2.56. The highest BCUT2D eigenvalue weighted by molar-refractivity contribution is 7.99. The van der Waals surface area contributed by atoms with E-state index in [0.717, 1.165) is 16.9 Å². The first-order valence-electron chi connectivity index (χ1n) is 8.47. The van der Waals surface area contributed by atoms with Crippen molar-refractivity contribution in [3.05, 3.63) is 65.9 Å². The second-order valence-electron chi connectivity index (χ2n) is 5.84. The lowest BCUT2D eigenvalue weighted by molar-refractivity contribution is -0.113. The third-order valence-corrected chi connectivity index (χ3v) is 5.59. The Morgan fingerprint density at radius 3 is 2.64 bits per heavy atom. The van der Waals surface area contributed by atoms with Crippen molar-refractivity contribution in [1.29, 1.82) is 0 Å². The minimum absolute atomic E-state index is 0.132. The number of thiazole rings is 1. The standard InChI is InChI=1S/C19H16N6OS2/c1-13-11-27-18(21-13)22-16(26)12-28-19-24-23-17(14-7-9-20-10-8-14)25(19)15-5-3-2-4-6-15/h2-11H,12H2,1H3,(H,21,22,26). The molecule has 28 heavy (non-hydrogen) atoms. The van der Waals surface area contributed by atoms with Gasteiger partial charge in [0.1, 0.15) is 0 Å². The molecule has 3 aromatic heterocycles. The zero-order valence-electron chi connectivity index (χ0n) is 14.9. The molecule has 0 saturated carbocycles. The summed E-state index contributed by atoms with van der Waals surface area (Å²) in [7, 11) is 0. The highest BCUT2D eigenvalue weighted by atomic mass is 32.2. The number of thioether (sulfide) groups is 1. The normalized spacial score (nSPS) is 10.8. The lowest BCUT2D eigenvalue weighted by Crippen LogP contribution is -2.14. The fourth-order valence-corrected chi connectivity index (χ4v) is 4.01. The number of nitrogens with one attached hydrogen (secondary N) is 1. The van der Waals surface area contributed by atoms with Gasteiger partial charge in [0.2, 0.25) is 5.91 Å². The number of pyridine rings is 1. The van der Waals surface area contributed by atoms with Gasteiger partial charge < -0.3 is 5.32 Å². The summed E-state index contributed by atoms with van der Waals surface area (Å²) in [5.41, 5.74) is 2.72. The first-order valence-corrected chi connectivity index (χ1v) is 10.3. The first-order chi connectivity index (χ1) is 13.7. The summed E-state index contributed by atoms with van der Waals surface area (Å²) in [6.07, 6.45) is 3.44. The Morgan fingerprint density at radius 1 is 1.14 bits per heavy atom. The Kier molecular flexibility index (Phi) is 5.45. The number of carbonyl (C=O) groups is 1. The molecule has 0 aliphatic rings. The molecule has 0 atom stereocenters. The van der Waals surface area contributed by atoms with Gasteiger partial charge in [-0.05, 0) is 31.2 Å². The molecule has 0 radical (unpaired) electrons. The van der Waals surface area contributed by atoms with Crippen LogP contribution in [0.25, 0.3) is 17.1 Å². The van der Waals surface area contributed by atoms with E-state index in [2.05, 4.69) is 25.5 Å². The second kappa shape index (κ2) is 8.32. The lowest BCUT2D eigenvalue weighted by Gasteiger charge is -2.10. The van der Waals surface area contributed by atoms with Crippen LogP contribution in [0.2, 0.25) is 0 Å². The molecular weight excluding hydrogens is 392 g/mol. The number of benzene rings is 1. The maximum atomic E-state index is 12.3. The highest BCUT2D eigenvalue weighted by Crippen LogP contribution is 2.27. The number of aromatic nitrogens is 5. The van der Waals surface area contributed by atoms with Crippen molar-refractivity contribution in [3.63, 3.8) is 0 Å². The molecule has 3 heterocycles. The topological polar surface area (TPSA) is 85.6 Å². The lowest BCUT2D eigenvalue weighted by atomic mass is 10.2. The molecule has 0 fully saturated rings. The van der Waals surface area contributed by atoms with E-state index in [0.29, 0.717) is 16.1 Å². The van der Waals surface area contributed by atoms with Crippen molar-refractivity contribution in [2.24, 2.45) is 0 Å². The zero-order valence-corrected chi connectivity index (χ0v) is 16.6. The third kappa shape index (κ3) is 4.10. The number of aryl methyl sites for hydroxylation is 1. The van der Waals surface area contributed by atoms with Gasteiger partial charge >= 0.3 is 0 Å². The van der Waals surface area contributed by atoms with Crippen molar-refractivity contribution in [3.8, 4) is 17.1 Å². The van der Waals surface area contributed by atoms with E-state index >= 15 is 0 Å². The quantitative estimate of drug-likeness (QED) is 0.488. The largest absolute Gasteiger partial charge is 0.301 e. The van der Waals surface area contributed by atoms with Gasteiger partial charge in [-0.1, -0.05) is 30.0 Å². The monoisotopic (exact) mass is 408 g/mol. The molecule has 0 unspecified atom stereocenters. The summed E-state index contributed by atoms with van der Waals surface area (Å²) in [6.45, 7) is 1.89. The molecule has 0 aliphatic carbocycles. The molecule has 1 aromatic carbocycles. The van der Waals surface area contributed by atoms with Gasteiger partial charge in [0, 0.05) is 29.0 Å². The number of hydrogen-bond acceptors (Lipinski definition) is 7. The first kappa shape index (κ1) is 18.3. The molecule has 9 heteroatoms. The molecule has 4 aromatic rings. The van der Waals surface area contributed by atoms with E-state index in [1.165, 1.54) is 23.1 Å². The summed E-state index contributed by atoms with van der Waals surface area (Å²) in [4.78, 5) is 20.6. The van der Waals surface area contributed by atoms with Gasteiger partial charge in [-0.3, -0.25) is 14.3 Å². The maximum Gasteiger partial charge on any atom is 0.236 e. The molecule has 0 spiro atoms. The Hall–Kier alpha value is -3.04. The van der Waals surface area contributed by atoms with Crippen LogP contribution in [0.1, 0.15) is 5.69 Å². The number of rotatable bonds is 6. The predicted molar refractivity (Wildman–Crippen MR) is 111 cm³/mol. The smallest absolute Gasteiger partial charge is 0.236 e. The van der Waals surface area contributed by atoms with Crippen molar-refractivity contribution in [2.75, 3.05) is 11.1 Å².